The molecule has 1 aliphatic heterocycles. The second kappa shape index (κ2) is 6.64. The van der Waals surface area contributed by atoms with Gasteiger partial charge in [-0.2, -0.15) is 13.2 Å². The molecule has 0 unspecified atom stereocenters. The van der Waals surface area contributed by atoms with Crippen molar-refractivity contribution in [3.8, 4) is 0 Å². The normalized spacial score (nSPS) is 15.7. The lowest BCUT2D eigenvalue weighted by atomic mass is 10.1. The van der Waals surface area contributed by atoms with E-state index < -0.39 is 11.7 Å². The van der Waals surface area contributed by atoms with Gasteiger partial charge in [0.05, 0.1) is 21.2 Å². The van der Waals surface area contributed by atoms with Crippen LogP contribution >= 0.6 is 22.9 Å². The largest absolute Gasteiger partial charge is 0.416 e. The van der Waals surface area contributed by atoms with E-state index in [-0.39, 0.29) is 10.9 Å². The van der Waals surface area contributed by atoms with Crippen LogP contribution < -0.4 is 4.90 Å². The molecule has 128 valence electrons. The molecule has 1 saturated heterocycles. The number of alkyl halides is 3. The third-order valence-electron chi connectivity index (χ3n) is 3.91. The molecule has 2 aromatic rings. The Hall–Kier alpha value is -1.73. The van der Waals surface area contributed by atoms with E-state index in [1.807, 2.05) is 11.4 Å². The molecule has 1 amide bonds. The predicted molar refractivity (Wildman–Crippen MR) is 88.9 cm³/mol. The number of amides is 1. The predicted octanol–water partition coefficient (Wildman–Crippen LogP) is 4.38. The molecule has 1 aromatic heterocycles. The molecule has 0 N–H and O–H groups in total. The molecule has 0 atom stereocenters. The first-order valence-electron chi connectivity index (χ1n) is 7.31. The maximum absolute atomic E-state index is 12.9. The van der Waals surface area contributed by atoms with Crippen molar-refractivity contribution in [1.82, 2.24) is 4.90 Å². The van der Waals surface area contributed by atoms with Crippen molar-refractivity contribution < 1.29 is 18.0 Å². The fraction of sp³-hybridized carbons (Fsp3) is 0.312. The van der Waals surface area contributed by atoms with E-state index in [0.29, 0.717) is 36.7 Å². The van der Waals surface area contributed by atoms with Crippen LogP contribution in [0.3, 0.4) is 0 Å². The topological polar surface area (TPSA) is 23.6 Å². The summed E-state index contributed by atoms with van der Waals surface area (Å²) in [4.78, 5) is 16.5. The first-order valence-corrected chi connectivity index (χ1v) is 8.56. The molecular formula is C16H14ClF3N2OS. The average molecular weight is 375 g/mol. The van der Waals surface area contributed by atoms with Gasteiger partial charge in [-0.25, -0.2) is 0 Å². The summed E-state index contributed by atoms with van der Waals surface area (Å²) in [6.07, 6.45) is -4.41. The summed E-state index contributed by atoms with van der Waals surface area (Å²) in [5, 5.41) is 2.12. The van der Waals surface area contributed by atoms with Gasteiger partial charge in [0, 0.05) is 26.2 Å². The molecule has 0 saturated carbocycles. The van der Waals surface area contributed by atoms with Gasteiger partial charge in [0.2, 0.25) is 0 Å². The van der Waals surface area contributed by atoms with Crippen molar-refractivity contribution >= 4 is 34.5 Å². The first kappa shape index (κ1) is 17.1. The van der Waals surface area contributed by atoms with Crippen LogP contribution in [0.5, 0.6) is 0 Å². The maximum Gasteiger partial charge on any atom is 0.416 e. The standard InChI is InChI=1S/C16H14ClF3N2OS/c17-12-4-3-11(16(18,19)20)10-13(12)21-5-7-22(8-6-21)15(23)14-2-1-9-24-14/h1-4,9-10H,5-8H2. The molecular weight excluding hydrogens is 361 g/mol. The highest BCUT2D eigenvalue weighted by Crippen LogP contribution is 2.35. The third-order valence-corrected chi connectivity index (χ3v) is 5.09. The minimum absolute atomic E-state index is 0.0419. The van der Waals surface area contributed by atoms with Crippen molar-refractivity contribution in [2.75, 3.05) is 31.1 Å². The second-order valence-electron chi connectivity index (χ2n) is 5.42. The van der Waals surface area contributed by atoms with E-state index in [4.69, 9.17) is 11.6 Å². The molecule has 3 nitrogen and oxygen atoms in total. The van der Waals surface area contributed by atoms with E-state index >= 15 is 0 Å². The second-order valence-corrected chi connectivity index (χ2v) is 6.78. The summed E-state index contributed by atoms with van der Waals surface area (Å²) < 4.78 is 38.6. The molecule has 8 heteroatoms. The molecule has 1 aliphatic rings. The number of hydrogen-bond donors (Lipinski definition) is 0. The Morgan fingerprint density at radius 2 is 1.83 bits per heavy atom. The molecule has 2 heterocycles. The van der Waals surface area contributed by atoms with Crippen LogP contribution in [0.4, 0.5) is 18.9 Å². The summed E-state index contributed by atoms with van der Waals surface area (Å²) in [6.45, 7) is 1.78. The summed E-state index contributed by atoms with van der Waals surface area (Å²) in [5.41, 5.74) is -0.367. The molecule has 3 rings (SSSR count). The van der Waals surface area contributed by atoms with Crippen molar-refractivity contribution in [3.05, 3.63) is 51.2 Å². The summed E-state index contributed by atoms with van der Waals surface area (Å²) >= 11 is 7.45. The van der Waals surface area contributed by atoms with Crippen molar-refractivity contribution in [2.24, 2.45) is 0 Å². The van der Waals surface area contributed by atoms with E-state index in [1.54, 1.807) is 15.9 Å². The lowest BCUT2D eigenvalue weighted by molar-refractivity contribution is -0.137. The zero-order valence-electron chi connectivity index (χ0n) is 12.5. The van der Waals surface area contributed by atoms with Gasteiger partial charge in [-0.3, -0.25) is 4.79 Å². The van der Waals surface area contributed by atoms with Crippen LogP contribution in [-0.2, 0) is 6.18 Å². The summed E-state index contributed by atoms with van der Waals surface area (Å²) in [7, 11) is 0. The van der Waals surface area contributed by atoms with E-state index in [1.165, 1.54) is 17.4 Å². The van der Waals surface area contributed by atoms with Crippen LogP contribution in [0.1, 0.15) is 15.2 Å². The lowest BCUT2D eigenvalue weighted by Crippen LogP contribution is -2.48. The van der Waals surface area contributed by atoms with Crippen molar-refractivity contribution in [1.29, 1.82) is 0 Å². The Kier molecular flexibility index (Phi) is 4.73. The first-order chi connectivity index (χ1) is 11.4. The number of piperazine rings is 1. The number of carbonyl (C=O) groups excluding carboxylic acids is 1. The smallest absolute Gasteiger partial charge is 0.367 e. The van der Waals surface area contributed by atoms with Gasteiger partial charge in [0.1, 0.15) is 0 Å². The SMILES string of the molecule is O=C(c1cccs1)N1CCN(c2cc(C(F)(F)F)ccc2Cl)CC1. The summed E-state index contributed by atoms with van der Waals surface area (Å²) in [5.74, 6) is -0.0419. The van der Waals surface area contributed by atoms with E-state index in [0.717, 1.165) is 12.1 Å². The van der Waals surface area contributed by atoms with Gasteiger partial charge < -0.3 is 9.80 Å². The van der Waals surface area contributed by atoms with Gasteiger partial charge in [-0.1, -0.05) is 17.7 Å². The quantitative estimate of drug-likeness (QED) is 0.778. The van der Waals surface area contributed by atoms with Crippen LogP contribution in [0.15, 0.2) is 35.7 Å². The molecule has 1 aromatic carbocycles. The number of nitrogens with zero attached hydrogens (tertiary/aromatic N) is 2. The summed E-state index contributed by atoms with van der Waals surface area (Å²) in [6, 6.07) is 6.89. The van der Waals surface area contributed by atoms with Crippen molar-refractivity contribution in [2.45, 2.75) is 6.18 Å². The minimum Gasteiger partial charge on any atom is -0.367 e. The minimum atomic E-state index is -4.41. The number of hydrogen-bond acceptors (Lipinski definition) is 3. The van der Waals surface area contributed by atoms with Gasteiger partial charge in [0.25, 0.3) is 5.91 Å². The molecule has 1 fully saturated rings. The van der Waals surface area contributed by atoms with E-state index in [9.17, 15) is 18.0 Å². The Balaban J connectivity index is 1.72. The molecule has 24 heavy (non-hydrogen) atoms. The van der Waals surface area contributed by atoms with Gasteiger partial charge in [0.15, 0.2) is 0 Å². The number of thiophene rings is 1. The van der Waals surface area contributed by atoms with Crippen LogP contribution in [0.2, 0.25) is 5.02 Å². The Labute approximate surface area is 146 Å². The Bertz CT molecular complexity index is 725. The lowest BCUT2D eigenvalue weighted by Gasteiger charge is -2.36. The average Bonchev–Trinajstić information content (AvgIpc) is 3.08. The molecule has 0 bridgehead atoms. The Morgan fingerprint density at radius 1 is 1.12 bits per heavy atom. The van der Waals surface area contributed by atoms with Gasteiger partial charge in [-0.15, -0.1) is 11.3 Å². The van der Waals surface area contributed by atoms with Gasteiger partial charge in [-0.05, 0) is 29.6 Å². The molecule has 0 radical (unpaired) electrons. The molecule has 0 spiro atoms. The van der Waals surface area contributed by atoms with Crippen LogP contribution in [0, 0.1) is 0 Å². The van der Waals surface area contributed by atoms with Crippen LogP contribution in [-0.4, -0.2) is 37.0 Å². The highest BCUT2D eigenvalue weighted by molar-refractivity contribution is 7.12. The van der Waals surface area contributed by atoms with Crippen molar-refractivity contribution in [3.63, 3.8) is 0 Å². The fourth-order valence-electron chi connectivity index (χ4n) is 2.64. The third kappa shape index (κ3) is 3.52. The zero-order valence-corrected chi connectivity index (χ0v) is 14.1. The number of rotatable bonds is 2. The number of carbonyl (C=O) groups is 1. The molecule has 0 aliphatic carbocycles. The highest BCUT2D eigenvalue weighted by atomic mass is 35.5. The fourth-order valence-corrected chi connectivity index (χ4v) is 3.57. The maximum atomic E-state index is 12.9. The number of halogens is 4. The van der Waals surface area contributed by atoms with E-state index in [2.05, 4.69) is 0 Å². The zero-order chi connectivity index (χ0) is 17.3. The van der Waals surface area contributed by atoms with Crippen LogP contribution in [0.25, 0.3) is 0 Å². The highest BCUT2D eigenvalue weighted by Gasteiger charge is 2.32. The monoisotopic (exact) mass is 374 g/mol. The number of anilines is 1. The number of benzene rings is 1. The Morgan fingerprint density at radius 3 is 2.42 bits per heavy atom. The van der Waals surface area contributed by atoms with Gasteiger partial charge >= 0.3 is 6.18 Å².